The molecule has 0 aromatic carbocycles. The third-order valence-electron chi connectivity index (χ3n) is 4.00. The quantitative estimate of drug-likeness (QED) is 0.626. The fourth-order valence-corrected chi connectivity index (χ4v) is 2.52. The van der Waals surface area contributed by atoms with E-state index in [9.17, 15) is 9.59 Å². The Labute approximate surface area is 127 Å². The largest absolute Gasteiger partial charge is 0.481 e. The van der Waals surface area contributed by atoms with Crippen molar-refractivity contribution in [3.63, 3.8) is 0 Å². The van der Waals surface area contributed by atoms with Crippen LogP contribution in [0.25, 0.3) is 0 Å². The Hall–Kier alpha value is -1.10. The molecule has 1 aliphatic heterocycles. The summed E-state index contributed by atoms with van der Waals surface area (Å²) in [6.45, 7) is 3.95. The predicted octanol–water partition coefficient (Wildman–Crippen LogP) is 3.38. The zero-order valence-electron chi connectivity index (χ0n) is 13.2. The molecule has 0 aromatic rings. The van der Waals surface area contributed by atoms with Crippen molar-refractivity contribution in [3.8, 4) is 0 Å². The highest BCUT2D eigenvalue weighted by atomic mass is 16.7. The molecule has 0 amide bonds. The average molecular weight is 299 g/mol. The smallest absolute Gasteiger partial charge is 0.325 e. The standard InChI is InChI=1S/C16H29NO4/c1-14-10-12-17(13-11-14)21-16(20)9-7-5-3-2-4-6-8-15(18)19/h14H,2-13H2,1H3,(H,18,19). The van der Waals surface area contributed by atoms with Crippen molar-refractivity contribution >= 4 is 11.9 Å². The SMILES string of the molecule is CC1CCN(OC(=O)CCCCCCCCC(=O)O)CC1. The van der Waals surface area contributed by atoms with Crippen molar-refractivity contribution in [2.24, 2.45) is 5.92 Å². The summed E-state index contributed by atoms with van der Waals surface area (Å²) in [4.78, 5) is 27.3. The monoisotopic (exact) mass is 299 g/mol. The molecule has 5 nitrogen and oxygen atoms in total. The second-order valence-electron chi connectivity index (χ2n) is 6.09. The topological polar surface area (TPSA) is 66.8 Å². The second-order valence-corrected chi connectivity index (χ2v) is 6.09. The van der Waals surface area contributed by atoms with Crippen LogP contribution in [0.3, 0.4) is 0 Å². The highest BCUT2D eigenvalue weighted by Gasteiger charge is 2.18. The molecule has 0 radical (unpaired) electrons. The van der Waals surface area contributed by atoms with Crippen LogP contribution in [0.15, 0.2) is 0 Å². The number of hydroxylamine groups is 2. The van der Waals surface area contributed by atoms with Gasteiger partial charge in [-0.15, -0.1) is 5.06 Å². The van der Waals surface area contributed by atoms with E-state index >= 15 is 0 Å². The number of piperidine rings is 1. The van der Waals surface area contributed by atoms with E-state index in [4.69, 9.17) is 9.94 Å². The highest BCUT2D eigenvalue weighted by molar-refractivity contribution is 5.68. The van der Waals surface area contributed by atoms with Crippen LogP contribution in [0.2, 0.25) is 0 Å². The van der Waals surface area contributed by atoms with E-state index in [2.05, 4.69) is 6.92 Å². The molecule has 0 aromatic heterocycles. The van der Waals surface area contributed by atoms with E-state index in [0.717, 1.165) is 70.4 Å². The molecule has 0 bridgehead atoms. The maximum Gasteiger partial charge on any atom is 0.325 e. The molecule has 0 spiro atoms. The summed E-state index contributed by atoms with van der Waals surface area (Å²) in [7, 11) is 0. The Balaban J connectivity index is 1.90. The van der Waals surface area contributed by atoms with Crippen molar-refractivity contribution in [2.75, 3.05) is 13.1 Å². The fraction of sp³-hybridized carbons (Fsp3) is 0.875. The van der Waals surface area contributed by atoms with Crippen LogP contribution in [0.1, 0.15) is 71.1 Å². The molecule has 122 valence electrons. The molecule has 0 saturated carbocycles. The van der Waals surface area contributed by atoms with Crippen LogP contribution in [0.5, 0.6) is 0 Å². The molecule has 0 atom stereocenters. The lowest BCUT2D eigenvalue weighted by Crippen LogP contribution is -2.34. The zero-order valence-corrected chi connectivity index (χ0v) is 13.2. The molecule has 1 N–H and O–H groups in total. The Bertz CT molecular complexity index is 311. The summed E-state index contributed by atoms with van der Waals surface area (Å²) >= 11 is 0. The van der Waals surface area contributed by atoms with Gasteiger partial charge in [0.2, 0.25) is 0 Å². The number of unbranched alkanes of at least 4 members (excludes halogenated alkanes) is 5. The molecule has 0 aliphatic carbocycles. The van der Waals surface area contributed by atoms with Crippen LogP contribution in [0, 0.1) is 5.92 Å². The van der Waals surface area contributed by atoms with Gasteiger partial charge in [-0.05, 0) is 31.6 Å². The first-order valence-electron chi connectivity index (χ1n) is 8.25. The van der Waals surface area contributed by atoms with Crippen LogP contribution < -0.4 is 0 Å². The lowest BCUT2D eigenvalue weighted by molar-refractivity contribution is -0.196. The van der Waals surface area contributed by atoms with Crippen molar-refractivity contribution < 1.29 is 19.5 Å². The van der Waals surface area contributed by atoms with Crippen molar-refractivity contribution in [3.05, 3.63) is 0 Å². The molecular weight excluding hydrogens is 270 g/mol. The maximum absolute atomic E-state index is 11.7. The normalized spacial score (nSPS) is 16.8. The van der Waals surface area contributed by atoms with Crippen molar-refractivity contribution in [1.82, 2.24) is 5.06 Å². The minimum atomic E-state index is -0.718. The van der Waals surface area contributed by atoms with E-state index < -0.39 is 5.97 Å². The number of carboxylic acids is 1. The second kappa shape index (κ2) is 10.6. The molecule has 1 saturated heterocycles. The predicted molar refractivity (Wildman–Crippen MR) is 80.6 cm³/mol. The third kappa shape index (κ3) is 9.45. The van der Waals surface area contributed by atoms with Gasteiger partial charge < -0.3 is 9.94 Å². The van der Waals surface area contributed by atoms with E-state index in [-0.39, 0.29) is 12.4 Å². The van der Waals surface area contributed by atoms with Crippen LogP contribution in [-0.2, 0) is 14.4 Å². The van der Waals surface area contributed by atoms with Gasteiger partial charge in [0, 0.05) is 25.9 Å². The summed E-state index contributed by atoms with van der Waals surface area (Å²) in [6.07, 6.45) is 8.66. The number of hydrogen-bond acceptors (Lipinski definition) is 4. The summed E-state index contributed by atoms with van der Waals surface area (Å²) in [5, 5.41) is 10.3. The zero-order chi connectivity index (χ0) is 15.5. The first-order valence-corrected chi connectivity index (χ1v) is 8.25. The molecule has 1 aliphatic rings. The molecule has 5 heteroatoms. The number of nitrogens with zero attached hydrogens (tertiary/aromatic N) is 1. The van der Waals surface area contributed by atoms with E-state index in [1.807, 2.05) is 0 Å². The van der Waals surface area contributed by atoms with E-state index in [1.54, 1.807) is 5.06 Å². The summed E-state index contributed by atoms with van der Waals surface area (Å²) < 4.78 is 0. The summed E-state index contributed by atoms with van der Waals surface area (Å²) in [5.41, 5.74) is 0. The first kappa shape index (κ1) is 18.0. The van der Waals surface area contributed by atoms with E-state index in [1.165, 1.54) is 0 Å². The average Bonchev–Trinajstić information content (AvgIpc) is 2.44. The van der Waals surface area contributed by atoms with Gasteiger partial charge in [-0.2, -0.15) is 0 Å². The third-order valence-corrected chi connectivity index (χ3v) is 4.00. The lowest BCUT2D eigenvalue weighted by atomic mass is 10.0. The maximum atomic E-state index is 11.7. The van der Waals surface area contributed by atoms with Crippen LogP contribution in [-0.4, -0.2) is 35.2 Å². The number of carboxylic acid groups (broad SMARTS) is 1. The van der Waals surface area contributed by atoms with Crippen molar-refractivity contribution in [2.45, 2.75) is 71.1 Å². The number of carbonyl (C=O) groups is 2. The number of hydrogen-bond donors (Lipinski definition) is 1. The van der Waals surface area contributed by atoms with Crippen LogP contribution in [0.4, 0.5) is 0 Å². The minimum Gasteiger partial charge on any atom is -0.481 e. The Morgan fingerprint density at radius 1 is 1.00 bits per heavy atom. The Kier molecular flexibility index (Phi) is 9.06. The molecule has 1 heterocycles. The number of carbonyl (C=O) groups excluding carboxylic acids is 1. The Morgan fingerprint density at radius 3 is 2.10 bits per heavy atom. The van der Waals surface area contributed by atoms with Gasteiger partial charge in [0.05, 0.1) is 0 Å². The number of rotatable bonds is 10. The van der Waals surface area contributed by atoms with Gasteiger partial charge in [-0.3, -0.25) is 9.59 Å². The van der Waals surface area contributed by atoms with Crippen LogP contribution >= 0.6 is 0 Å². The summed E-state index contributed by atoms with van der Waals surface area (Å²) in [6, 6.07) is 0. The van der Waals surface area contributed by atoms with Crippen molar-refractivity contribution in [1.29, 1.82) is 0 Å². The minimum absolute atomic E-state index is 0.115. The molecular formula is C16H29NO4. The van der Waals surface area contributed by atoms with Gasteiger partial charge in [0.15, 0.2) is 0 Å². The van der Waals surface area contributed by atoms with Gasteiger partial charge in [0.1, 0.15) is 0 Å². The molecule has 1 rings (SSSR count). The number of aliphatic carboxylic acids is 1. The Morgan fingerprint density at radius 2 is 1.52 bits per heavy atom. The highest BCUT2D eigenvalue weighted by Crippen LogP contribution is 2.16. The van der Waals surface area contributed by atoms with Gasteiger partial charge in [0.25, 0.3) is 0 Å². The molecule has 1 fully saturated rings. The fourth-order valence-electron chi connectivity index (χ4n) is 2.52. The van der Waals surface area contributed by atoms with Gasteiger partial charge in [-0.25, -0.2) is 0 Å². The van der Waals surface area contributed by atoms with E-state index in [0.29, 0.717) is 6.42 Å². The molecule has 21 heavy (non-hydrogen) atoms. The summed E-state index contributed by atoms with van der Waals surface area (Å²) in [5.74, 6) is -0.0960. The lowest BCUT2D eigenvalue weighted by Gasteiger charge is -2.28. The first-order chi connectivity index (χ1) is 10.1. The van der Waals surface area contributed by atoms with Gasteiger partial charge in [-0.1, -0.05) is 32.6 Å². The van der Waals surface area contributed by atoms with Gasteiger partial charge >= 0.3 is 11.9 Å². The molecule has 0 unspecified atom stereocenters.